The van der Waals surface area contributed by atoms with Crippen LogP contribution in [0.2, 0.25) is 0 Å². The van der Waals surface area contributed by atoms with Gasteiger partial charge in [0.05, 0.1) is 17.8 Å². The third kappa shape index (κ3) is 4.98. The van der Waals surface area contributed by atoms with Gasteiger partial charge in [0, 0.05) is 51.3 Å². The molecular formula is C24H33N5O2. The minimum atomic E-state index is -0.0718. The number of amides is 2. The number of nitrogens with zero attached hydrogens (tertiary/aromatic N) is 3. The van der Waals surface area contributed by atoms with Crippen LogP contribution in [0, 0.1) is 12.8 Å². The molecule has 2 aromatic rings. The summed E-state index contributed by atoms with van der Waals surface area (Å²) in [5.41, 5.74) is 4.54. The molecule has 2 aliphatic rings. The molecule has 2 heterocycles. The average Bonchev–Trinajstić information content (AvgIpc) is 3.40. The second-order valence-electron chi connectivity index (χ2n) is 8.87. The van der Waals surface area contributed by atoms with E-state index in [1.165, 1.54) is 5.56 Å². The number of hydrogen-bond donors (Lipinski definition) is 2. The van der Waals surface area contributed by atoms with E-state index < -0.39 is 0 Å². The van der Waals surface area contributed by atoms with Crippen molar-refractivity contribution in [1.29, 1.82) is 0 Å². The van der Waals surface area contributed by atoms with Gasteiger partial charge in [0.15, 0.2) is 0 Å². The molecule has 7 nitrogen and oxygen atoms in total. The third-order valence-electron chi connectivity index (χ3n) is 6.67. The van der Waals surface area contributed by atoms with Crippen LogP contribution < -0.4 is 5.32 Å². The number of fused-ring (bicyclic) bond motifs is 1. The topological polar surface area (TPSA) is 81.3 Å². The van der Waals surface area contributed by atoms with Crippen molar-refractivity contribution in [3.05, 3.63) is 41.6 Å². The smallest absolute Gasteiger partial charge is 0.225 e. The zero-order valence-electron chi connectivity index (χ0n) is 18.6. The molecule has 2 unspecified atom stereocenters. The Hall–Kier alpha value is -2.67. The van der Waals surface area contributed by atoms with Gasteiger partial charge in [0.1, 0.15) is 0 Å². The quantitative estimate of drug-likeness (QED) is 0.795. The Labute approximate surface area is 184 Å². The number of nitrogens with one attached hydrogen (secondary N) is 2. The largest absolute Gasteiger partial charge is 0.355 e. The summed E-state index contributed by atoms with van der Waals surface area (Å²) in [7, 11) is 0. The number of aromatic amines is 1. The summed E-state index contributed by atoms with van der Waals surface area (Å²) in [6.07, 6.45) is 5.61. The molecule has 2 N–H and O–H groups in total. The van der Waals surface area contributed by atoms with Crippen molar-refractivity contribution in [2.24, 2.45) is 5.92 Å². The molecule has 0 spiro atoms. The molecule has 1 saturated carbocycles. The minimum absolute atomic E-state index is 0.0473. The van der Waals surface area contributed by atoms with Gasteiger partial charge in [-0.3, -0.25) is 19.6 Å². The maximum absolute atomic E-state index is 12.8. The Morgan fingerprint density at radius 1 is 1.13 bits per heavy atom. The molecule has 31 heavy (non-hydrogen) atoms. The summed E-state index contributed by atoms with van der Waals surface area (Å²) in [5, 5.41) is 10.6. The van der Waals surface area contributed by atoms with Crippen LogP contribution in [0.5, 0.6) is 0 Å². The van der Waals surface area contributed by atoms with Crippen molar-refractivity contribution in [3.8, 4) is 11.3 Å². The number of hydrogen-bond acceptors (Lipinski definition) is 4. The first kappa shape index (κ1) is 21.6. The summed E-state index contributed by atoms with van der Waals surface area (Å²) >= 11 is 0. The minimum Gasteiger partial charge on any atom is -0.355 e. The molecule has 7 heteroatoms. The zero-order chi connectivity index (χ0) is 21.8. The molecule has 1 aromatic carbocycles. The fraction of sp³-hybridized carbons (Fsp3) is 0.542. The lowest BCUT2D eigenvalue weighted by molar-refractivity contribution is -0.134. The number of H-pyrrole nitrogens is 1. The summed E-state index contributed by atoms with van der Waals surface area (Å²) in [6, 6.07) is 8.49. The lowest BCUT2D eigenvalue weighted by Crippen LogP contribution is -2.46. The first-order valence-corrected chi connectivity index (χ1v) is 11.4. The monoisotopic (exact) mass is 423 g/mol. The Kier molecular flexibility index (Phi) is 6.70. The van der Waals surface area contributed by atoms with Crippen LogP contribution in [0.25, 0.3) is 11.3 Å². The third-order valence-corrected chi connectivity index (χ3v) is 6.67. The van der Waals surface area contributed by atoms with E-state index in [-0.39, 0.29) is 23.8 Å². The highest BCUT2D eigenvalue weighted by Crippen LogP contribution is 2.31. The molecule has 1 aromatic heterocycles. The molecule has 1 aliphatic carbocycles. The summed E-state index contributed by atoms with van der Waals surface area (Å²) in [5.74, 6) is 0.101. The van der Waals surface area contributed by atoms with E-state index in [4.69, 9.17) is 0 Å². The van der Waals surface area contributed by atoms with Gasteiger partial charge in [0.2, 0.25) is 11.8 Å². The van der Waals surface area contributed by atoms with Gasteiger partial charge in [-0.2, -0.15) is 5.10 Å². The molecule has 1 saturated heterocycles. The van der Waals surface area contributed by atoms with Crippen molar-refractivity contribution in [1.82, 2.24) is 25.3 Å². The number of benzene rings is 1. The van der Waals surface area contributed by atoms with Gasteiger partial charge in [-0.05, 0) is 31.7 Å². The van der Waals surface area contributed by atoms with E-state index in [1.54, 1.807) is 6.92 Å². The van der Waals surface area contributed by atoms with Crippen molar-refractivity contribution < 1.29 is 9.59 Å². The standard InChI is InChI=1S/C24H33N5O2/c1-17-7-9-19(10-8-17)23-20(15-26-27-23)16-28-12-4-13-29(18(2)30)22-6-3-5-21(22)24(31)25-11-14-28/h7-10,15,21-22H,3-6,11-14,16H2,1-2H3,(H,25,31)(H,26,27). The predicted octanol–water partition coefficient (Wildman–Crippen LogP) is 2.72. The molecule has 0 bridgehead atoms. The Balaban J connectivity index is 1.48. The van der Waals surface area contributed by atoms with Gasteiger partial charge in [-0.1, -0.05) is 36.2 Å². The number of rotatable bonds is 3. The average molecular weight is 424 g/mol. The highest BCUT2D eigenvalue weighted by atomic mass is 16.2. The van der Waals surface area contributed by atoms with Crippen molar-refractivity contribution in [2.75, 3.05) is 26.2 Å². The molecule has 0 radical (unpaired) electrons. The Morgan fingerprint density at radius 2 is 1.94 bits per heavy atom. The predicted molar refractivity (Wildman–Crippen MR) is 120 cm³/mol. The molecule has 4 rings (SSSR count). The molecule has 1 aliphatic heterocycles. The molecule has 2 atom stereocenters. The molecule has 166 valence electrons. The van der Waals surface area contributed by atoms with E-state index in [2.05, 4.69) is 51.6 Å². The number of aryl methyl sites for hydroxylation is 1. The number of carbonyl (C=O) groups excluding carboxylic acids is 2. The van der Waals surface area contributed by atoms with Crippen molar-refractivity contribution in [3.63, 3.8) is 0 Å². The fourth-order valence-electron chi connectivity index (χ4n) is 5.02. The van der Waals surface area contributed by atoms with Gasteiger partial charge in [-0.15, -0.1) is 0 Å². The highest BCUT2D eigenvalue weighted by molar-refractivity contribution is 5.81. The molecule has 2 fully saturated rings. The van der Waals surface area contributed by atoms with Gasteiger partial charge >= 0.3 is 0 Å². The van der Waals surface area contributed by atoms with Crippen LogP contribution in [0.1, 0.15) is 43.7 Å². The van der Waals surface area contributed by atoms with Crippen LogP contribution in [-0.4, -0.2) is 64.0 Å². The number of aromatic nitrogens is 2. The van der Waals surface area contributed by atoms with Crippen LogP contribution in [0.3, 0.4) is 0 Å². The second kappa shape index (κ2) is 9.64. The van der Waals surface area contributed by atoms with Crippen LogP contribution in [-0.2, 0) is 16.1 Å². The van der Waals surface area contributed by atoms with Crippen molar-refractivity contribution in [2.45, 2.75) is 52.1 Å². The van der Waals surface area contributed by atoms with Gasteiger partial charge in [-0.25, -0.2) is 0 Å². The normalized spacial score (nSPS) is 23.2. The maximum atomic E-state index is 12.8. The van der Waals surface area contributed by atoms with Crippen LogP contribution in [0.15, 0.2) is 30.5 Å². The van der Waals surface area contributed by atoms with Gasteiger partial charge < -0.3 is 10.2 Å². The van der Waals surface area contributed by atoms with E-state index in [9.17, 15) is 9.59 Å². The zero-order valence-corrected chi connectivity index (χ0v) is 18.6. The Bertz CT molecular complexity index is 907. The van der Waals surface area contributed by atoms with E-state index in [0.717, 1.165) is 62.1 Å². The lowest BCUT2D eigenvalue weighted by Gasteiger charge is -2.31. The first-order valence-electron chi connectivity index (χ1n) is 11.4. The van der Waals surface area contributed by atoms with E-state index in [0.29, 0.717) is 13.1 Å². The van der Waals surface area contributed by atoms with Gasteiger partial charge in [0.25, 0.3) is 0 Å². The van der Waals surface area contributed by atoms with E-state index >= 15 is 0 Å². The molecular weight excluding hydrogens is 390 g/mol. The SMILES string of the molecule is CC(=O)N1CCCN(Cc2cn[nH]c2-c2ccc(C)cc2)CCNC(=O)C2CCCC21. The maximum Gasteiger partial charge on any atom is 0.225 e. The lowest BCUT2D eigenvalue weighted by atomic mass is 10.0. The molecule has 2 amide bonds. The second-order valence-corrected chi connectivity index (χ2v) is 8.87. The summed E-state index contributed by atoms with van der Waals surface area (Å²) < 4.78 is 0. The summed E-state index contributed by atoms with van der Waals surface area (Å²) in [6.45, 7) is 7.44. The van der Waals surface area contributed by atoms with Crippen LogP contribution in [0.4, 0.5) is 0 Å². The van der Waals surface area contributed by atoms with Crippen molar-refractivity contribution >= 4 is 11.8 Å². The first-order chi connectivity index (χ1) is 15.0. The number of carbonyl (C=O) groups is 2. The highest BCUT2D eigenvalue weighted by Gasteiger charge is 2.38. The summed E-state index contributed by atoms with van der Waals surface area (Å²) in [4.78, 5) is 29.4. The Morgan fingerprint density at radius 3 is 2.71 bits per heavy atom. The fourth-order valence-corrected chi connectivity index (χ4v) is 5.02. The van der Waals surface area contributed by atoms with Crippen LogP contribution >= 0.6 is 0 Å². The van der Waals surface area contributed by atoms with E-state index in [1.807, 2.05) is 11.1 Å².